The predicted molar refractivity (Wildman–Crippen MR) is 92.7 cm³/mol. The average Bonchev–Trinajstić information content (AvgIpc) is 3.14. The molecular weight excluding hydrogens is 334 g/mol. The molecule has 0 aliphatic rings. The lowest BCUT2D eigenvalue weighted by atomic mass is 10.3. The Balaban J connectivity index is 1.91. The maximum Gasteiger partial charge on any atom is 0.252 e. The number of ether oxygens (including phenoxy) is 1. The summed E-state index contributed by atoms with van der Waals surface area (Å²) in [6.45, 7) is 4.62. The van der Waals surface area contributed by atoms with Crippen molar-refractivity contribution < 1.29 is 14.3 Å². The van der Waals surface area contributed by atoms with Gasteiger partial charge < -0.3 is 10.1 Å². The molecule has 0 bridgehead atoms. The summed E-state index contributed by atoms with van der Waals surface area (Å²) in [7, 11) is 0. The number of carbonyl (C=O) groups is 2. The number of thiazole rings is 1. The summed E-state index contributed by atoms with van der Waals surface area (Å²) in [5.74, 6) is -0.249. The fourth-order valence-electron chi connectivity index (χ4n) is 1.73. The van der Waals surface area contributed by atoms with Crippen LogP contribution in [0.25, 0.3) is 10.6 Å². The fraction of sp³-hybridized carbons (Fsp3) is 0.400. The molecule has 6 nitrogen and oxygen atoms in total. The van der Waals surface area contributed by atoms with Gasteiger partial charge in [-0.05, 0) is 18.6 Å². The van der Waals surface area contributed by atoms with Crippen molar-refractivity contribution in [1.82, 2.24) is 10.3 Å². The fourth-order valence-corrected chi connectivity index (χ4v) is 3.44. The van der Waals surface area contributed by atoms with Crippen molar-refractivity contribution in [3.63, 3.8) is 0 Å². The van der Waals surface area contributed by atoms with Crippen molar-refractivity contribution in [1.29, 1.82) is 0 Å². The van der Waals surface area contributed by atoms with Gasteiger partial charge in [-0.15, -0.1) is 22.7 Å². The summed E-state index contributed by atoms with van der Waals surface area (Å²) in [5, 5.41) is 7.95. The number of aromatic nitrogens is 1. The summed E-state index contributed by atoms with van der Waals surface area (Å²) < 4.78 is 5.19. The van der Waals surface area contributed by atoms with E-state index in [1.165, 1.54) is 18.3 Å². The normalized spacial score (nSPS) is 10.5. The second-order valence-corrected chi connectivity index (χ2v) is 6.84. The number of nitrogens with zero attached hydrogens (tertiary/aromatic N) is 1. The highest BCUT2D eigenvalue weighted by atomic mass is 32.1. The molecule has 0 aliphatic heterocycles. The second-order valence-electron chi connectivity index (χ2n) is 4.81. The molecule has 0 spiro atoms. The largest absolute Gasteiger partial charge is 0.372 e. The molecule has 2 amide bonds. The van der Waals surface area contributed by atoms with E-state index < -0.39 is 0 Å². The van der Waals surface area contributed by atoms with Crippen LogP contribution in [0.2, 0.25) is 0 Å². The topological polar surface area (TPSA) is 80.3 Å². The molecule has 0 fully saturated rings. The van der Waals surface area contributed by atoms with Crippen molar-refractivity contribution >= 4 is 39.6 Å². The third-order valence-electron chi connectivity index (χ3n) is 2.76. The van der Waals surface area contributed by atoms with E-state index in [9.17, 15) is 9.59 Å². The minimum Gasteiger partial charge on any atom is -0.372 e. The maximum atomic E-state index is 11.7. The van der Waals surface area contributed by atoms with Gasteiger partial charge in [-0.1, -0.05) is 6.92 Å². The van der Waals surface area contributed by atoms with E-state index >= 15 is 0 Å². The summed E-state index contributed by atoms with van der Waals surface area (Å²) in [5.41, 5.74) is 0.818. The van der Waals surface area contributed by atoms with Gasteiger partial charge in [0, 0.05) is 23.8 Å². The first-order chi connectivity index (χ1) is 11.1. The van der Waals surface area contributed by atoms with E-state index in [2.05, 4.69) is 15.6 Å². The second kappa shape index (κ2) is 8.76. The number of anilines is 1. The van der Waals surface area contributed by atoms with Gasteiger partial charge in [0.15, 0.2) is 5.13 Å². The van der Waals surface area contributed by atoms with Crippen molar-refractivity contribution in [3.8, 4) is 10.6 Å². The zero-order valence-corrected chi connectivity index (χ0v) is 14.7. The lowest BCUT2D eigenvalue weighted by Gasteiger charge is -2.01. The molecule has 0 saturated heterocycles. The van der Waals surface area contributed by atoms with Crippen LogP contribution < -0.4 is 10.6 Å². The van der Waals surface area contributed by atoms with E-state index in [1.807, 2.05) is 24.4 Å². The lowest BCUT2D eigenvalue weighted by molar-refractivity contribution is -0.120. The molecule has 2 N–H and O–H groups in total. The minimum absolute atomic E-state index is 0.0443. The molecule has 0 atom stereocenters. The predicted octanol–water partition coefficient (Wildman–Crippen LogP) is 2.87. The van der Waals surface area contributed by atoms with Gasteiger partial charge >= 0.3 is 0 Å². The molecule has 0 aliphatic carbocycles. The van der Waals surface area contributed by atoms with Gasteiger partial charge in [0.25, 0.3) is 5.91 Å². The first-order valence-electron chi connectivity index (χ1n) is 7.25. The Morgan fingerprint density at radius 3 is 2.91 bits per heavy atom. The van der Waals surface area contributed by atoms with Crippen LogP contribution in [0.5, 0.6) is 0 Å². The number of hydrogen-bond acceptors (Lipinski definition) is 6. The van der Waals surface area contributed by atoms with Crippen LogP contribution in [-0.2, 0) is 20.9 Å². The Hall–Kier alpha value is -1.77. The summed E-state index contributed by atoms with van der Waals surface area (Å²) in [6.07, 6.45) is 0.883. The molecule has 8 heteroatoms. The van der Waals surface area contributed by atoms with Crippen LogP contribution in [0.4, 0.5) is 5.13 Å². The number of thiophene rings is 1. The Bertz CT molecular complexity index is 666. The number of rotatable bonds is 8. The molecule has 23 heavy (non-hydrogen) atoms. The highest BCUT2D eigenvalue weighted by Gasteiger charge is 2.10. The molecule has 0 unspecified atom stereocenters. The maximum absolute atomic E-state index is 11.7. The van der Waals surface area contributed by atoms with Crippen LogP contribution in [0.1, 0.15) is 25.1 Å². The zero-order valence-electron chi connectivity index (χ0n) is 13.0. The van der Waals surface area contributed by atoms with Crippen molar-refractivity contribution in [2.45, 2.75) is 26.8 Å². The third kappa shape index (κ3) is 5.74. The van der Waals surface area contributed by atoms with Gasteiger partial charge in [-0.3, -0.25) is 14.9 Å². The van der Waals surface area contributed by atoms with E-state index in [-0.39, 0.29) is 18.4 Å². The molecule has 2 aromatic heterocycles. The minimum atomic E-state index is -0.197. The van der Waals surface area contributed by atoms with Crippen LogP contribution in [0.3, 0.4) is 0 Å². The number of amides is 2. The number of carbonyl (C=O) groups excluding carboxylic acids is 2. The van der Waals surface area contributed by atoms with Gasteiger partial charge in [-0.25, -0.2) is 4.98 Å². The van der Waals surface area contributed by atoms with Crippen LogP contribution in [0.15, 0.2) is 17.5 Å². The summed E-state index contributed by atoms with van der Waals surface area (Å²) in [4.78, 5) is 29.1. The molecule has 2 heterocycles. The van der Waals surface area contributed by atoms with Gasteiger partial charge in [0.2, 0.25) is 5.91 Å². The van der Waals surface area contributed by atoms with Crippen LogP contribution in [0, 0.1) is 0 Å². The smallest absolute Gasteiger partial charge is 0.252 e. The Labute approximate surface area is 142 Å². The number of hydrogen-bond donors (Lipinski definition) is 2. The zero-order chi connectivity index (χ0) is 16.7. The first kappa shape index (κ1) is 17.6. The van der Waals surface area contributed by atoms with Crippen molar-refractivity contribution in [3.05, 3.63) is 22.4 Å². The van der Waals surface area contributed by atoms with E-state index in [0.29, 0.717) is 18.3 Å². The van der Waals surface area contributed by atoms with Gasteiger partial charge in [0.05, 0.1) is 17.1 Å². The van der Waals surface area contributed by atoms with Crippen molar-refractivity contribution in [2.75, 3.05) is 18.5 Å². The quantitative estimate of drug-likeness (QED) is 0.715. The highest BCUT2D eigenvalue weighted by Crippen LogP contribution is 2.30. The van der Waals surface area contributed by atoms with E-state index in [1.54, 1.807) is 11.3 Å². The molecule has 2 aromatic rings. The van der Waals surface area contributed by atoms with E-state index in [0.717, 1.165) is 21.9 Å². The third-order valence-corrected chi connectivity index (χ3v) is 4.62. The number of nitrogens with one attached hydrogen (secondary N) is 2. The molecule has 0 radical (unpaired) electrons. The van der Waals surface area contributed by atoms with Gasteiger partial charge in [-0.2, -0.15) is 0 Å². The summed E-state index contributed by atoms with van der Waals surface area (Å²) >= 11 is 2.95. The average molecular weight is 353 g/mol. The highest BCUT2D eigenvalue weighted by molar-refractivity contribution is 7.17. The van der Waals surface area contributed by atoms with E-state index in [4.69, 9.17) is 4.74 Å². The summed E-state index contributed by atoms with van der Waals surface area (Å²) in [6, 6.07) is 3.93. The van der Waals surface area contributed by atoms with Crippen LogP contribution >= 0.6 is 22.7 Å². The molecular formula is C15H19N3O3S2. The standard InChI is InChI=1S/C15H19N3O3S2/c1-3-6-21-8-14(20)18-15-17-12(9-22-15)13-5-4-11(23-13)7-16-10(2)19/h4-5,9H,3,6-8H2,1-2H3,(H,16,19)(H,17,18,20). The molecule has 0 saturated carbocycles. The molecule has 124 valence electrons. The van der Waals surface area contributed by atoms with Crippen molar-refractivity contribution in [2.24, 2.45) is 0 Å². The SMILES string of the molecule is CCCOCC(=O)Nc1nc(-c2ccc(CNC(C)=O)s2)cs1. The van der Waals surface area contributed by atoms with Gasteiger partial charge in [0.1, 0.15) is 6.61 Å². The monoisotopic (exact) mass is 353 g/mol. The van der Waals surface area contributed by atoms with Crippen LogP contribution in [-0.4, -0.2) is 30.0 Å². The lowest BCUT2D eigenvalue weighted by Crippen LogP contribution is -2.18. The Kier molecular flexibility index (Phi) is 6.69. The Morgan fingerprint density at radius 1 is 1.35 bits per heavy atom. The molecule has 2 rings (SSSR count). The molecule has 0 aromatic carbocycles. The Morgan fingerprint density at radius 2 is 2.17 bits per heavy atom. The first-order valence-corrected chi connectivity index (χ1v) is 8.94.